The topological polar surface area (TPSA) is 58.6 Å². The summed E-state index contributed by atoms with van der Waals surface area (Å²) < 4.78 is 32.9. The molecular weight excluding hydrogens is 426 g/mol. The number of methoxy groups -OCH3 is 1. The van der Waals surface area contributed by atoms with E-state index >= 15 is 0 Å². The Labute approximate surface area is 181 Å². The van der Waals surface area contributed by atoms with Crippen LogP contribution in [0.25, 0.3) is 5.57 Å². The van der Waals surface area contributed by atoms with Crippen molar-refractivity contribution in [1.29, 1.82) is 0 Å². The number of carbonyl (C=O) groups is 2. The van der Waals surface area contributed by atoms with Crippen LogP contribution in [0.2, 0.25) is 5.02 Å². The van der Waals surface area contributed by atoms with Gasteiger partial charge in [-0.1, -0.05) is 35.9 Å². The molecule has 0 aromatic heterocycles. The van der Waals surface area contributed by atoms with Crippen LogP contribution in [0.15, 0.2) is 72.4 Å². The standard InChI is InChI=1S/C23H15ClF2N2O3/c1-31-19-11-10-15(12-16(19)24)27-21-20(13-6-8-14(25)9-7-13)22(29)28(23(21)30)18-5-3-2-4-17(18)26/h2-12,27H,1H3. The van der Waals surface area contributed by atoms with Gasteiger partial charge in [0.1, 0.15) is 23.1 Å². The normalized spacial score (nSPS) is 13.7. The number of benzene rings is 3. The van der Waals surface area contributed by atoms with Gasteiger partial charge in [0.2, 0.25) is 0 Å². The summed E-state index contributed by atoms with van der Waals surface area (Å²) in [5.41, 5.74) is 0.445. The first kappa shape index (κ1) is 20.6. The van der Waals surface area contributed by atoms with E-state index in [1.807, 2.05) is 0 Å². The number of ether oxygens (including phenoxy) is 1. The first-order chi connectivity index (χ1) is 14.9. The zero-order valence-corrected chi connectivity index (χ0v) is 16.9. The lowest BCUT2D eigenvalue weighted by molar-refractivity contribution is -0.120. The summed E-state index contributed by atoms with van der Waals surface area (Å²) >= 11 is 6.16. The van der Waals surface area contributed by atoms with E-state index in [4.69, 9.17) is 16.3 Å². The molecule has 1 heterocycles. The Morgan fingerprint density at radius 1 is 0.935 bits per heavy atom. The van der Waals surface area contributed by atoms with E-state index in [1.165, 1.54) is 55.6 Å². The van der Waals surface area contributed by atoms with Crippen LogP contribution in [-0.4, -0.2) is 18.9 Å². The summed E-state index contributed by atoms with van der Waals surface area (Å²) in [7, 11) is 1.47. The number of amides is 2. The predicted molar refractivity (Wildman–Crippen MR) is 114 cm³/mol. The average Bonchev–Trinajstić information content (AvgIpc) is 2.99. The second kappa shape index (κ2) is 8.20. The second-order valence-electron chi connectivity index (χ2n) is 6.63. The number of hydrogen-bond donors (Lipinski definition) is 1. The summed E-state index contributed by atoms with van der Waals surface area (Å²) in [6.07, 6.45) is 0. The molecule has 3 aromatic carbocycles. The molecule has 5 nitrogen and oxygen atoms in total. The lowest BCUT2D eigenvalue weighted by Crippen LogP contribution is -2.33. The molecule has 1 aliphatic rings. The molecule has 0 saturated heterocycles. The number of carbonyl (C=O) groups excluding carboxylic acids is 2. The molecule has 0 spiro atoms. The second-order valence-corrected chi connectivity index (χ2v) is 7.04. The minimum absolute atomic E-state index is 0.0137. The molecule has 0 radical (unpaired) electrons. The van der Waals surface area contributed by atoms with Gasteiger partial charge in [-0.15, -0.1) is 0 Å². The molecule has 0 fully saturated rings. The van der Waals surface area contributed by atoms with Crippen LogP contribution in [0.5, 0.6) is 5.75 Å². The highest BCUT2D eigenvalue weighted by Crippen LogP contribution is 2.36. The van der Waals surface area contributed by atoms with Crippen molar-refractivity contribution in [3.63, 3.8) is 0 Å². The molecule has 0 saturated carbocycles. The molecule has 0 unspecified atom stereocenters. The number of hydrogen-bond acceptors (Lipinski definition) is 4. The van der Waals surface area contributed by atoms with E-state index in [2.05, 4.69) is 5.32 Å². The van der Waals surface area contributed by atoms with E-state index in [1.54, 1.807) is 12.1 Å². The Hall–Kier alpha value is -3.71. The lowest BCUT2D eigenvalue weighted by Gasteiger charge is -2.16. The molecule has 4 rings (SSSR count). The molecule has 0 aliphatic carbocycles. The molecule has 0 atom stereocenters. The predicted octanol–water partition coefficient (Wildman–Crippen LogP) is 5.02. The lowest BCUT2D eigenvalue weighted by atomic mass is 10.0. The van der Waals surface area contributed by atoms with Gasteiger partial charge in [-0.25, -0.2) is 13.7 Å². The van der Waals surface area contributed by atoms with E-state index in [0.29, 0.717) is 22.0 Å². The number of rotatable bonds is 5. The summed E-state index contributed by atoms with van der Waals surface area (Å²) in [5, 5.41) is 3.20. The summed E-state index contributed by atoms with van der Waals surface area (Å²) in [6, 6.07) is 15.3. The first-order valence-electron chi connectivity index (χ1n) is 9.15. The van der Waals surface area contributed by atoms with E-state index < -0.39 is 23.4 Å². The van der Waals surface area contributed by atoms with E-state index in [9.17, 15) is 18.4 Å². The molecule has 2 amide bonds. The van der Waals surface area contributed by atoms with Crippen molar-refractivity contribution in [3.8, 4) is 5.75 Å². The number of nitrogens with one attached hydrogen (secondary N) is 1. The van der Waals surface area contributed by atoms with Gasteiger partial charge in [0, 0.05) is 5.69 Å². The number of halogens is 3. The van der Waals surface area contributed by atoms with Gasteiger partial charge in [0.25, 0.3) is 11.8 Å². The van der Waals surface area contributed by atoms with Crippen molar-refractivity contribution in [2.24, 2.45) is 0 Å². The highest BCUT2D eigenvalue weighted by Gasteiger charge is 2.41. The van der Waals surface area contributed by atoms with Crippen LogP contribution in [-0.2, 0) is 9.59 Å². The van der Waals surface area contributed by atoms with Gasteiger partial charge >= 0.3 is 0 Å². The zero-order valence-electron chi connectivity index (χ0n) is 16.2. The van der Waals surface area contributed by atoms with Crippen LogP contribution < -0.4 is 15.0 Å². The summed E-state index contributed by atoms with van der Waals surface area (Å²) in [4.78, 5) is 27.2. The maximum Gasteiger partial charge on any atom is 0.282 e. The Bertz CT molecular complexity index is 1230. The summed E-state index contributed by atoms with van der Waals surface area (Å²) in [5.74, 6) is -2.27. The van der Waals surface area contributed by atoms with Gasteiger partial charge in [-0.2, -0.15) is 0 Å². The van der Waals surface area contributed by atoms with Crippen molar-refractivity contribution >= 4 is 40.4 Å². The van der Waals surface area contributed by atoms with Crippen LogP contribution in [0.1, 0.15) is 5.56 Å². The molecule has 1 N–H and O–H groups in total. The van der Waals surface area contributed by atoms with Crippen molar-refractivity contribution in [3.05, 3.63) is 94.6 Å². The minimum atomic E-state index is -0.749. The molecular formula is C23H15ClF2N2O3. The first-order valence-corrected chi connectivity index (χ1v) is 9.52. The van der Waals surface area contributed by atoms with Crippen molar-refractivity contribution in [2.75, 3.05) is 17.3 Å². The van der Waals surface area contributed by atoms with Crippen molar-refractivity contribution in [1.82, 2.24) is 0 Å². The molecule has 156 valence electrons. The van der Waals surface area contributed by atoms with Crippen molar-refractivity contribution in [2.45, 2.75) is 0 Å². The smallest absolute Gasteiger partial charge is 0.282 e. The fraction of sp³-hybridized carbons (Fsp3) is 0.0435. The van der Waals surface area contributed by atoms with Gasteiger partial charge in [-0.3, -0.25) is 9.59 Å². The number of imide groups is 1. The quantitative estimate of drug-likeness (QED) is 0.566. The molecule has 31 heavy (non-hydrogen) atoms. The Morgan fingerprint density at radius 2 is 1.65 bits per heavy atom. The molecule has 8 heteroatoms. The average molecular weight is 441 g/mol. The van der Waals surface area contributed by atoms with E-state index in [-0.39, 0.29) is 17.0 Å². The Kier molecular flexibility index (Phi) is 5.44. The van der Waals surface area contributed by atoms with Gasteiger partial charge in [-0.05, 0) is 48.0 Å². The van der Waals surface area contributed by atoms with Gasteiger partial charge < -0.3 is 10.1 Å². The largest absolute Gasteiger partial charge is 0.495 e. The zero-order chi connectivity index (χ0) is 22.1. The molecule has 0 bridgehead atoms. The number of anilines is 2. The van der Waals surface area contributed by atoms with E-state index in [0.717, 1.165) is 11.0 Å². The highest BCUT2D eigenvalue weighted by molar-refractivity contribution is 6.46. The highest BCUT2D eigenvalue weighted by atomic mass is 35.5. The van der Waals surface area contributed by atoms with Crippen LogP contribution in [0.3, 0.4) is 0 Å². The third-order valence-corrected chi connectivity index (χ3v) is 5.03. The molecule has 3 aromatic rings. The fourth-order valence-electron chi connectivity index (χ4n) is 3.27. The van der Waals surface area contributed by atoms with Crippen LogP contribution >= 0.6 is 11.6 Å². The Balaban J connectivity index is 1.83. The third-order valence-electron chi connectivity index (χ3n) is 4.73. The summed E-state index contributed by atoms with van der Waals surface area (Å²) in [6.45, 7) is 0. The van der Waals surface area contributed by atoms with Crippen LogP contribution in [0, 0.1) is 11.6 Å². The monoisotopic (exact) mass is 440 g/mol. The third kappa shape index (κ3) is 3.75. The SMILES string of the molecule is COc1ccc(NC2=C(c3ccc(F)cc3)C(=O)N(c3ccccc3F)C2=O)cc1Cl. The number of nitrogens with zero attached hydrogens (tertiary/aromatic N) is 1. The maximum atomic E-state index is 14.4. The van der Waals surface area contributed by atoms with Gasteiger partial charge in [0.05, 0.1) is 23.4 Å². The maximum absolute atomic E-state index is 14.4. The number of para-hydroxylation sites is 1. The fourth-order valence-corrected chi connectivity index (χ4v) is 3.53. The minimum Gasteiger partial charge on any atom is -0.495 e. The Morgan fingerprint density at radius 3 is 2.29 bits per heavy atom. The van der Waals surface area contributed by atoms with Crippen LogP contribution in [0.4, 0.5) is 20.2 Å². The van der Waals surface area contributed by atoms with Crippen molar-refractivity contribution < 1.29 is 23.1 Å². The molecule has 1 aliphatic heterocycles. The van der Waals surface area contributed by atoms with Gasteiger partial charge in [0.15, 0.2) is 0 Å².